The first-order valence-corrected chi connectivity index (χ1v) is 5.10. The molecule has 0 radical (unpaired) electrons. The van der Waals surface area contributed by atoms with Gasteiger partial charge in [-0.25, -0.2) is 0 Å². The van der Waals surface area contributed by atoms with Crippen LogP contribution < -0.4 is 5.73 Å². The molecule has 1 aromatic carbocycles. The van der Waals surface area contributed by atoms with Crippen molar-refractivity contribution in [3.05, 3.63) is 41.7 Å². The number of hydrogen-bond acceptors (Lipinski definition) is 3. The predicted molar refractivity (Wildman–Crippen MR) is 65.2 cm³/mol. The second-order valence-corrected chi connectivity index (χ2v) is 3.88. The third kappa shape index (κ3) is 1.72. The Bertz CT molecular complexity index is 535. The summed E-state index contributed by atoms with van der Waals surface area (Å²) in [6.07, 6.45) is 1.81. The van der Waals surface area contributed by atoms with Crippen molar-refractivity contribution in [2.75, 3.05) is 5.73 Å². The van der Waals surface area contributed by atoms with Gasteiger partial charge >= 0.3 is 0 Å². The first-order valence-electron chi connectivity index (χ1n) is 5.10. The second-order valence-electron chi connectivity index (χ2n) is 3.88. The van der Waals surface area contributed by atoms with E-state index in [9.17, 15) is 5.11 Å². The number of nitrogens with zero attached hydrogens (tertiary/aromatic N) is 1. The Balaban J connectivity index is 2.67. The molecule has 0 saturated heterocycles. The summed E-state index contributed by atoms with van der Waals surface area (Å²) in [7, 11) is 0. The molecule has 0 fully saturated rings. The lowest BCUT2D eigenvalue weighted by Gasteiger charge is -2.10. The molecule has 3 nitrogen and oxygen atoms in total. The van der Waals surface area contributed by atoms with Crippen LogP contribution in [0.2, 0.25) is 0 Å². The summed E-state index contributed by atoms with van der Waals surface area (Å²) in [6, 6.07) is 7.25. The molecule has 0 saturated carbocycles. The van der Waals surface area contributed by atoms with E-state index >= 15 is 0 Å². The van der Waals surface area contributed by atoms with Crippen LogP contribution in [-0.2, 0) is 0 Å². The fraction of sp³-hybridized carbons (Fsp3) is 0.154. The maximum Gasteiger partial charge on any atom is 0.139 e. The third-order valence-corrected chi connectivity index (χ3v) is 2.61. The van der Waals surface area contributed by atoms with Gasteiger partial charge in [0.05, 0.1) is 5.69 Å². The molecular weight excluding hydrogens is 200 g/mol. The number of phenols is 1. The Morgan fingerprint density at radius 1 is 1.19 bits per heavy atom. The van der Waals surface area contributed by atoms with E-state index in [0.717, 1.165) is 22.4 Å². The average molecular weight is 214 g/mol. The number of phenolic OH excluding ortho intramolecular Hbond substituents is 1. The van der Waals surface area contributed by atoms with E-state index in [1.54, 1.807) is 12.1 Å². The molecule has 0 aliphatic rings. The van der Waals surface area contributed by atoms with E-state index in [0.29, 0.717) is 5.69 Å². The highest BCUT2D eigenvalue weighted by molar-refractivity contribution is 5.81. The standard InChI is InChI=1S/C13H14N2O/c1-8-7-15-9(2)6-11(8)10-4-3-5-12(16)13(10)14/h3-7,16H,14H2,1-2H3. The number of aryl methyl sites for hydroxylation is 2. The van der Waals surface area contributed by atoms with Gasteiger partial charge in [-0.05, 0) is 37.1 Å². The zero-order valence-electron chi connectivity index (χ0n) is 9.36. The van der Waals surface area contributed by atoms with Crippen molar-refractivity contribution in [3.8, 4) is 16.9 Å². The minimum absolute atomic E-state index is 0.117. The first-order chi connectivity index (χ1) is 7.59. The van der Waals surface area contributed by atoms with Gasteiger partial charge in [-0.2, -0.15) is 0 Å². The minimum Gasteiger partial charge on any atom is -0.506 e. The molecule has 3 N–H and O–H groups in total. The Morgan fingerprint density at radius 3 is 2.69 bits per heavy atom. The van der Waals surface area contributed by atoms with Gasteiger partial charge in [0, 0.05) is 17.5 Å². The van der Waals surface area contributed by atoms with Crippen LogP contribution in [0.3, 0.4) is 0 Å². The molecule has 82 valence electrons. The van der Waals surface area contributed by atoms with Gasteiger partial charge in [0.15, 0.2) is 0 Å². The molecule has 1 aromatic heterocycles. The summed E-state index contributed by atoms with van der Waals surface area (Å²) in [5.41, 5.74) is 10.1. The molecule has 0 unspecified atom stereocenters. The number of hydrogen-bond donors (Lipinski definition) is 2. The number of pyridine rings is 1. The van der Waals surface area contributed by atoms with E-state index in [1.165, 1.54) is 0 Å². The van der Waals surface area contributed by atoms with Crippen molar-refractivity contribution in [2.24, 2.45) is 0 Å². The minimum atomic E-state index is 0.117. The van der Waals surface area contributed by atoms with Gasteiger partial charge in [-0.1, -0.05) is 12.1 Å². The van der Waals surface area contributed by atoms with E-state index < -0.39 is 0 Å². The zero-order chi connectivity index (χ0) is 11.7. The van der Waals surface area contributed by atoms with Crippen LogP contribution in [0.1, 0.15) is 11.3 Å². The topological polar surface area (TPSA) is 59.1 Å². The third-order valence-electron chi connectivity index (χ3n) is 2.61. The molecule has 0 aliphatic carbocycles. The van der Waals surface area contributed by atoms with Crippen LogP contribution in [-0.4, -0.2) is 10.1 Å². The van der Waals surface area contributed by atoms with E-state index in [-0.39, 0.29) is 5.75 Å². The Labute approximate surface area is 94.6 Å². The number of para-hydroxylation sites is 1. The normalized spacial score (nSPS) is 10.4. The van der Waals surface area contributed by atoms with Crippen LogP contribution in [0, 0.1) is 13.8 Å². The van der Waals surface area contributed by atoms with E-state index in [4.69, 9.17) is 5.73 Å². The summed E-state index contributed by atoms with van der Waals surface area (Å²) in [4.78, 5) is 4.21. The lowest BCUT2D eigenvalue weighted by Crippen LogP contribution is -1.94. The fourth-order valence-corrected chi connectivity index (χ4v) is 1.71. The smallest absolute Gasteiger partial charge is 0.139 e. The molecule has 2 aromatic rings. The largest absolute Gasteiger partial charge is 0.506 e. The van der Waals surface area contributed by atoms with Crippen LogP contribution in [0.25, 0.3) is 11.1 Å². The first kappa shape index (κ1) is 10.5. The maximum atomic E-state index is 9.58. The molecule has 0 bridgehead atoms. The molecule has 0 atom stereocenters. The van der Waals surface area contributed by atoms with Crippen molar-refractivity contribution in [3.63, 3.8) is 0 Å². The highest BCUT2D eigenvalue weighted by Gasteiger charge is 2.08. The number of nitrogen functional groups attached to an aromatic ring is 1. The van der Waals surface area contributed by atoms with Crippen LogP contribution in [0.4, 0.5) is 5.69 Å². The summed E-state index contributed by atoms with van der Waals surface area (Å²) in [6.45, 7) is 3.91. The molecule has 16 heavy (non-hydrogen) atoms. The van der Waals surface area contributed by atoms with Gasteiger partial charge in [0.25, 0.3) is 0 Å². The van der Waals surface area contributed by atoms with Crippen molar-refractivity contribution in [1.29, 1.82) is 0 Å². The molecule has 2 rings (SSSR count). The second kappa shape index (κ2) is 3.85. The summed E-state index contributed by atoms with van der Waals surface area (Å²) in [5.74, 6) is 0.117. The van der Waals surface area contributed by atoms with E-state index in [1.807, 2.05) is 32.2 Å². The molecule has 0 amide bonds. The SMILES string of the molecule is Cc1cc(-c2cccc(O)c2N)c(C)cn1. The summed E-state index contributed by atoms with van der Waals surface area (Å²) < 4.78 is 0. The molecule has 3 heteroatoms. The predicted octanol–water partition coefficient (Wildman–Crippen LogP) is 2.65. The Kier molecular flexibility index (Phi) is 2.52. The lowest BCUT2D eigenvalue weighted by molar-refractivity contribution is 0.478. The van der Waals surface area contributed by atoms with E-state index in [2.05, 4.69) is 4.98 Å². The summed E-state index contributed by atoms with van der Waals surface area (Å²) in [5, 5.41) is 9.58. The molecule has 0 aliphatic heterocycles. The number of rotatable bonds is 1. The van der Waals surface area contributed by atoms with Gasteiger partial charge in [-0.15, -0.1) is 0 Å². The fourth-order valence-electron chi connectivity index (χ4n) is 1.71. The van der Waals surface area contributed by atoms with Crippen molar-refractivity contribution in [1.82, 2.24) is 4.98 Å². The number of benzene rings is 1. The Hall–Kier alpha value is -2.03. The number of anilines is 1. The molecular formula is C13H14N2O. The van der Waals surface area contributed by atoms with Crippen molar-refractivity contribution in [2.45, 2.75) is 13.8 Å². The van der Waals surface area contributed by atoms with Gasteiger partial charge in [0.1, 0.15) is 5.75 Å². The van der Waals surface area contributed by atoms with Crippen LogP contribution in [0.5, 0.6) is 5.75 Å². The number of nitrogens with two attached hydrogens (primary N) is 1. The highest BCUT2D eigenvalue weighted by Crippen LogP contribution is 2.33. The van der Waals surface area contributed by atoms with Crippen molar-refractivity contribution >= 4 is 5.69 Å². The maximum absolute atomic E-state index is 9.58. The number of aromatic hydroxyl groups is 1. The van der Waals surface area contributed by atoms with Crippen LogP contribution >= 0.6 is 0 Å². The zero-order valence-corrected chi connectivity index (χ0v) is 9.36. The highest BCUT2D eigenvalue weighted by atomic mass is 16.3. The van der Waals surface area contributed by atoms with Gasteiger partial charge in [0.2, 0.25) is 0 Å². The quantitative estimate of drug-likeness (QED) is 0.566. The van der Waals surface area contributed by atoms with Crippen LogP contribution in [0.15, 0.2) is 30.5 Å². The van der Waals surface area contributed by atoms with Crippen molar-refractivity contribution < 1.29 is 5.11 Å². The van der Waals surface area contributed by atoms with Gasteiger partial charge < -0.3 is 10.8 Å². The molecule has 0 spiro atoms. The summed E-state index contributed by atoms with van der Waals surface area (Å²) >= 11 is 0. The lowest BCUT2D eigenvalue weighted by atomic mass is 9.99. The number of aromatic nitrogens is 1. The average Bonchev–Trinajstić information content (AvgIpc) is 2.26. The Morgan fingerprint density at radius 2 is 1.94 bits per heavy atom. The van der Waals surface area contributed by atoms with Gasteiger partial charge in [-0.3, -0.25) is 4.98 Å². The monoisotopic (exact) mass is 214 g/mol. The molecule has 1 heterocycles.